The summed E-state index contributed by atoms with van der Waals surface area (Å²) in [6.07, 6.45) is 5.18. The second kappa shape index (κ2) is 6.57. The van der Waals surface area contributed by atoms with Crippen molar-refractivity contribution < 1.29 is 4.39 Å². The fraction of sp³-hybridized carbons (Fsp3) is 0.647. The van der Waals surface area contributed by atoms with Crippen LogP contribution in [0.1, 0.15) is 39.5 Å². The minimum absolute atomic E-state index is 0.172. The van der Waals surface area contributed by atoms with Gasteiger partial charge >= 0.3 is 0 Å². The van der Waals surface area contributed by atoms with Crippen LogP contribution in [0.4, 0.5) is 10.1 Å². The predicted octanol–water partition coefficient (Wildman–Crippen LogP) is 4.14. The van der Waals surface area contributed by atoms with Crippen LogP contribution in [0.25, 0.3) is 0 Å². The van der Waals surface area contributed by atoms with E-state index in [1.54, 1.807) is 12.1 Å². The van der Waals surface area contributed by atoms with Gasteiger partial charge in [-0.1, -0.05) is 26.0 Å². The van der Waals surface area contributed by atoms with Crippen molar-refractivity contribution in [2.75, 3.05) is 25.5 Å². The van der Waals surface area contributed by atoms with Gasteiger partial charge in [-0.2, -0.15) is 0 Å². The standard InChI is InChI=1S/C17H27FN2/c1-17(2)10-8-14(9-11-17)20(3)13-12-19-16-7-5-4-6-15(16)18/h4-7,14,19H,8-13H2,1-3H3. The molecule has 2 nitrogen and oxygen atoms in total. The van der Waals surface area contributed by atoms with Gasteiger partial charge < -0.3 is 10.2 Å². The Morgan fingerprint density at radius 2 is 1.90 bits per heavy atom. The van der Waals surface area contributed by atoms with E-state index in [1.807, 2.05) is 6.07 Å². The summed E-state index contributed by atoms with van der Waals surface area (Å²) >= 11 is 0. The highest BCUT2D eigenvalue weighted by Gasteiger charge is 2.28. The number of benzene rings is 1. The van der Waals surface area contributed by atoms with Crippen LogP contribution >= 0.6 is 0 Å². The fourth-order valence-corrected chi connectivity index (χ4v) is 2.98. The first-order chi connectivity index (χ1) is 9.48. The Labute approximate surface area is 122 Å². The van der Waals surface area contributed by atoms with Gasteiger partial charge in [0.25, 0.3) is 0 Å². The van der Waals surface area contributed by atoms with Crippen LogP contribution in [0.15, 0.2) is 24.3 Å². The van der Waals surface area contributed by atoms with Gasteiger partial charge in [-0.25, -0.2) is 4.39 Å². The molecule has 1 fully saturated rings. The quantitative estimate of drug-likeness (QED) is 0.871. The average Bonchev–Trinajstić information content (AvgIpc) is 2.40. The molecule has 0 aliphatic heterocycles. The van der Waals surface area contributed by atoms with E-state index in [2.05, 4.69) is 31.1 Å². The van der Waals surface area contributed by atoms with Crippen molar-refractivity contribution >= 4 is 5.69 Å². The molecule has 0 amide bonds. The molecule has 0 radical (unpaired) electrons. The number of hydrogen-bond donors (Lipinski definition) is 1. The van der Waals surface area contributed by atoms with E-state index in [1.165, 1.54) is 31.7 Å². The number of nitrogens with one attached hydrogen (secondary N) is 1. The molecule has 1 aliphatic carbocycles. The molecule has 0 unspecified atom stereocenters. The molecule has 1 N–H and O–H groups in total. The lowest BCUT2D eigenvalue weighted by Gasteiger charge is -2.38. The highest BCUT2D eigenvalue weighted by molar-refractivity contribution is 5.44. The normalized spacial score (nSPS) is 19.2. The molecule has 1 aromatic rings. The first-order valence-electron chi connectivity index (χ1n) is 7.67. The summed E-state index contributed by atoms with van der Waals surface area (Å²) in [5.41, 5.74) is 1.12. The van der Waals surface area contributed by atoms with Crippen LogP contribution in [0.3, 0.4) is 0 Å². The van der Waals surface area contributed by atoms with Crippen molar-refractivity contribution in [3.63, 3.8) is 0 Å². The first kappa shape index (κ1) is 15.3. The van der Waals surface area contributed by atoms with Crippen molar-refractivity contribution in [3.05, 3.63) is 30.1 Å². The maximum absolute atomic E-state index is 13.5. The summed E-state index contributed by atoms with van der Waals surface area (Å²) in [6.45, 7) is 6.47. The van der Waals surface area contributed by atoms with E-state index in [-0.39, 0.29) is 5.82 Å². The molecule has 0 bridgehead atoms. The number of rotatable bonds is 5. The summed E-state index contributed by atoms with van der Waals surface area (Å²) in [6, 6.07) is 7.55. The topological polar surface area (TPSA) is 15.3 Å². The van der Waals surface area contributed by atoms with Crippen LogP contribution < -0.4 is 5.32 Å². The van der Waals surface area contributed by atoms with E-state index < -0.39 is 0 Å². The fourth-order valence-electron chi connectivity index (χ4n) is 2.98. The monoisotopic (exact) mass is 278 g/mol. The van der Waals surface area contributed by atoms with Crippen molar-refractivity contribution in [2.24, 2.45) is 5.41 Å². The molecule has 0 saturated heterocycles. The van der Waals surface area contributed by atoms with Crippen LogP contribution in [0.2, 0.25) is 0 Å². The third-order valence-electron chi connectivity index (χ3n) is 4.59. The van der Waals surface area contributed by atoms with Gasteiger partial charge in [0, 0.05) is 19.1 Å². The Morgan fingerprint density at radius 3 is 2.55 bits per heavy atom. The Kier molecular flexibility index (Phi) is 5.03. The average molecular weight is 278 g/mol. The van der Waals surface area contributed by atoms with Crippen molar-refractivity contribution in [1.29, 1.82) is 0 Å². The first-order valence-corrected chi connectivity index (χ1v) is 7.67. The number of para-hydroxylation sites is 1. The minimum Gasteiger partial charge on any atom is -0.381 e. The third kappa shape index (κ3) is 4.20. The highest BCUT2D eigenvalue weighted by atomic mass is 19.1. The molecule has 1 aromatic carbocycles. The molecule has 1 saturated carbocycles. The van der Waals surface area contributed by atoms with Crippen molar-refractivity contribution in [1.82, 2.24) is 4.90 Å². The second-order valence-electron chi connectivity index (χ2n) is 6.78. The van der Waals surface area contributed by atoms with E-state index >= 15 is 0 Å². The Bertz CT molecular complexity index is 421. The minimum atomic E-state index is -0.172. The van der Waals surface area contributed by atoms with Gasteiger partial charge in [-0.05, 0) is 50.3 Å². The van der Waals surface area contributed by atoms with Crippen LogP contribution in [-0.2, 0) is 0 Å². The number of anilines is 1. The van der Waals surface area contributed by atoms with Gasteiger partial charge in [0.1, 0.15) is 5.82 Å². The smallest absolute Gasteiger partial charge is 0.146 e. The maximum Gasteiger partial charge on any atom is 0.146 e. The molecule has 1 aliphatic rings. The van der Waals surface area contributed by atoms with Crippen LogP contribution in [0.5, 0.6) is 0 Å². The number of halogens is 1. The van der Waals surface area contributed by atoms with E-state index in [0.29, 0.717) is 17.1 Å². The van der Waals surface area contributed by atoms with E-state index in [9.17, 15) is 4.39 Å². The SMILES string of the molecule is CN(CCNc1ccccc1F)C1CCC(C)(C)CC1. The molecule has 0 spiro atoms. The summed E-state index contributed by atoms with van der Waals surface area (Å²) in [7, 11) is 2.19. The number of hydrogen-bond acceptors (Lipinski definition) is 2. The van der Waals surface area contributed by atoms with Crippen LogP contribution in [-0.4, -0.2) is 31.1 Å². The van der Waals surface area contributed by atoms with Gasteiger partial charge in [0.2, 0.25) is 0 Å². The molecule has 2 rings (SSSR count). The Morgan fingerprint density at radius 1 is 1.25 bits per heavy atom. The van der Waals surface area contributed by atoms with Crippen molar-refractivity contribution in [2.45, 2.75) is 45.6 Å². The summed E-state index contributed by atoms with van der Waals surface area (Å²) < 4.78 is 13.5. The summed E-state index contributed by atoms with van der Waals surface area (Å²) in [5, 5.41) is 3.18. The van der Waals surface area contributed by atoms with Gasteiger partial charge in [-0.3, -0.25) is 0 Å². The molecular weight excluding hydrogens is 251 g/mol. The Balaban J connectivity index is 1.73. The molecule has 0 heterocycles. The predicted molar refractivity (Wildman–Crippen MR) is 83.6 cm³/mol. The highest BCUT2D eigenvalue weighted by Crippen LogP contribution is 2.36. The molecule has 0 atom stereocenters. The summed E-state index contributed by atoms with van der Waals surface area (Å²) in [4.78, 5) is 2.42. The largest absolute Gasteiger partial charge is 0.381 e. The Hall–Kier alpha value is -1.09. The third-order valence-corrected chi connectivity index (χ3v) is 4.59. The van der Waals surface area contributed by atoms with E-state index in [0.717, 1.165) is 13.1 Å². The number of nitrogens with zero attached hydrogens (tertiary/aromatic N) is 1. The van der Waals surface area contributed by atoms with Gasteiger partial charge in [0.15, 0.2) is 0 Å². The summed E-state index contributed by atoms with van der Waals surface area (Å²) in [5.74, 6) is -0.172. The number of likely N-dealkylation sites (N-methyl/N-ethyl adjacent to an activating group) is 1. The lowest BCUT2D eigenvalue weighted by Crippen LogP contribution is -2.39. The lowest BCUT2D eigenvalue weighted by atomic mass is 9.75. The molecule has 0 aromatic heterocycles. The van der Waals surface area contributed by atoms with Gasteiger partial charge in [-0.15, -0.1) is 0 Å². The molecule has 112 valence electrons. The molecular formula is C17H27FN2. The zero-order valence-corrected chi connectivity index (χ0v) is 13.0. The molecule has 3 heteroatoms. The lowest BCUT2D eigenvalue weighted by molar-refractivity contribution is 0.131. The van der Waals surface area contributed by atoms with Crippen molar-refractivity contribution in [3.8, 4) is 0 Å². The van der Waals surface area contributed by atoms with E-state index in [4.69, 9.17) is 0 Å². The zero-order valence-electron chi connectivity index (χ0n) is 13.0. The second-order valence-corrected chi connectivity index (χ2v) is 6.78. The zero-order chi connectivity index (χ0) is 14.6. The van der Waals surface area contributed by atoms with Gasteiger partial charge in [0.05, 0.1) is 5.69 Å². The molecule has 20 heavy (non-hydrogen) atoms. The maximum atomic E-state index is 13.5. The van der Waals surface area contributed by atoms with Crippen LogP contribution in [0, 0.1) is 11.2 Å².